The van der Waals surface area contributed by atoms with Gasteiger partial charge in [0.05, 0.1) is 11.8 Å². The van der Waals surface area contributed by atoms with Gasteiger partial charge in [-0.25, -0.2) is 0 Å². The number of carbonyl (C=O) groups is 2. The molecule has 0 aliphatic rings. The van der Waals surface area contributed by atoms with Crippen LogP contribution in [-0.2, 0) is 4.79 Å². The maximum atomic E-state index is 12.0. The van der Waals surface area contributed by atoms with E-state index >= 15 is 0 Å². The fourth-order valence-corrected chi connectivity index (χ4v) is 1.69. The average Bonchev–Trinajstić information content (AvgIpc) is 2.73. The van der Waals surface area contributed by atoms with E-state index in [1.54, 1.807) is 14.0 Å². The van der Waals surface area contributed by atoms with Gasteiger partial charge in [-0.15, -0.1) is 0 Å². The number of nitrogens with zero attached hydrogens (tertiary/aromatic N) is 1. The van der Waals surface area contributed by atoms with Crippen LogP contribution in [0, 0.1) is 12.8 Å². The molecule has 100 valence electrons. The lowest BCUT2D eigenvalue weighted by Gasteiger charge is -2.18. The van der Waals surface area contributed by atoms with Crippen LogP contribution in [-0.4, -0.2) is 35.1 Å². The van der Waals surface area contributed by atoms with Crippen molar-refractivity contribution in [1.29, 1.82) is 0 Å². The minimum Gasteiger partial charge on any atom is -0.357 e. The Morgan fingerprint density at radius 2 is 2.11 bits per heavy atom. The summed E-state index contributed by atoms with van der Waals surface area (Å²) < 4.78 is 0. The number of amides is 2. The third kappa shape index (κ3) is 3.58. The Hall–Kier alpha value is -1.85. The van der Waals surface area contributed by atoms with Crippen LogP contribution in [0.5, 0.6) is 0 Å². The Morgan fingerprint density at radius 3 is 2.56 bits per heavy atom. The van der Waals surface area contributed by atoms with Crippen molar-refractivity contribution in [1.82, 2.24) is 20.8 Å². The minimum absolute atomic E-state index is 0.182. The summed E-state index contributed by atoms with van der Waals surface area (Å²) in [5.74, 6) is -0.147. The highest BCUT2D eigenvalue weighted by Gasteiger charge is 2.22. The molecule has 1 atom stereocenters. The molecule has 1 rings (SSSR count). The molecule has 0 aromatic carbocycles. The van der Waals surface area contributed by atoms with Gasteiger partial charge in [0.2, 0.25) is 5.91 Å². The quantitative estimate of drug-likeness (QED) is 0.717. The van der Waals surface area contributed by atoms with E-state index in [1.165, 1.54) is 6.20 Å². The van der Waals surface area contributed by atoms with E-state index in [0.717, 1.165) is 0 Å². The monoisotopic (exact) mass is 252 g/mol. The molecule has 1 aromatic heterocycles. The highest BCUT2D eigenvalue weighted by atomic mass is 16.2. The second-order valence-electron chi connectivity index (χ2n) is 4.68. The Labute approximate surface area is 107 Å². The minimum atomic E-state index is -0.517. The Morgan fingerprint density at radius 1 is 1.44 bits per heavy atom. The van der Waals surface area contributed by atoms with Crippen LogP contribution in [0.3, 0.4) is 0 Å². The molecular weight excluding hydrogens is 232 g/mol. The normalized spacial score (nSPS) is 12.3. The number of hydrogen-bond donors (Lipinski definition) is 3. The summed E-state index contributed by atoms with van der Waals surface area (Å²) in [7, 11) is 1.56. The maximum absolute atomic E-state index is 12.0. The van der Waals surface area contributed by atoms with E-state index in [1.807, 2.05) is 13.8 Å². The molecule has 0 aliphatic carbocycles. The number of nitrogens with one attached hydrogen (secondary N) is 3. The Kier molecular flexibility index (Phi) is 4.88. The average molecular weight is 252 g/mol. The summed E-state index contributed by atoms with van der Waals surface area (Å²) in [4.78, 5) is 23.7. The van der Waals surface area contributed by atoms with Crippen molar-refractivity contribution in [3.05, 3.63) is 17.5 Å². The largest absolute Gasteiger partial charge is 0.357 e. The van der Waals surface area contributed by atoms with E-state index in [0.29, 0.717) is 23.6 Å². The van der Waals surface area contributed by atoms with Crippen molar-refractivity contribution in [3.63, 3.8) is 0 Å². The first-order chi connectivity index (χ1) is 8.45. The number of hydrogen-bond acceptors (Lipinski definition) is 3. The van der Waals surface area contributed by atoms with E-state index in [9.17, 15) is 9.59 Å². The zero-order valence-corrected chi connectivity index (χ0v) is 11.2. The van der Waals surface area contributed by atoms with Crippen LogP contribution >= 0.6 is 0 Å². The van der Waals surface area contributed by atoms with Gasteiger partial charge >= 0.3 is 0 Å². The van der Waals surface area contributed by atoms with Gasteiger partial charge in [-0.1, -0.05) is 13.8 Å². The molecule has 0 aliphatic heterocycles. The predicted octanol–water partition coefficient (Wildman–Crippen LogP) is 0.609. The fraction of sp³-hybridized carbons (Fsp3) is 0.583. The van der Waals surface area contributed by atoms with Crippen molar-refractivity contribution in [3.8, 4) is 0 Å². The molecule has 0 saturated heterocycles. The van der Waals surface area contributed by atoms with Gasteiger partial charge in [-0.3, -0.25) is 14.7 Å². The second kappa shape index (κ2) is 6.18. The van der Waals surface area contributed by atoms with Gasteiger partial charge in [0.15, 0.2) is 0 Å². The third-order valence-electron chi connectivity index (χ3n) is 2.65. The molecule has 0 saturated carbocycles. The summed E-state index contributed by atoms with van der Waals surface area (Å²) >= 11 is 0. The number of aryl methyl sites for hydroxylation is 1. The lowest BCUT2D eigenvalue weighted by molar-refractivity contribution is -0.122. The van der Waals surface area contributed by atoms with E-state index < -0.39 is 6.04 Å². The maximum Gasteiger partial charge on any atom is 0.255 e. The molecule has 0 bridgehead atoms. The summed E-state index contributed by atoms with van der Waals surface area (Å²) in [6.07, 6.45) is 2.06. The number of rotatable bonds is 5. The standard InChI is InChI=1S/C12H20N4O2/c1-7(2)5-10(12(18)13-4)15-11(17)9-6-14-16-8(9)3/h6-7,10H,5H2,1-4H3,(H,13,18)(H,14,16)(H,15,17). The van der Waals surface area contributed by atoms with Crippen LogP contribution in [0.1, 0.15) is 36.3 Å². The molecular formula is C12H20N4O2. The lowest BCUT2D eigenvalue weighted by Crippen LogP contribution is -2.46. The summed E-state index contributed by atoms with van der Waals surface area (Å²) in [5.41, 5.74) is 1.15. The van der Waals surface area contributed by atoms with Gasteiger partial charge in [0.25, 0.3) is 5.91 Å². The second-order valence-corrected chi connectivity index (χ2v) is 4.68. The molecule has 1 unspecified atom stereocenters. The third-order valence-corrected chi connectivity index (χ3v) is 2.65. The van der Waals surface area contributed by atoms with Crippen LogP contribution in [0.2, 0.25) is 0 Å². The highest BCUT2D eigenvalue weighted by Crippen LogP contribution is 2.08. The van der Waals surface area contributed by atoms with Gasteiger partial charge in [-0.05, 0) is 19.3 Å². The fourth-order valence-electron chi connectivity index (χ4n) is 1.69. The van der Waals surface area contributed by atoms with Crippen LogP contribution in [0.4, 0.5) is 0 Å². The topological polar surface area (TPSA) is 86.9 Å². The van der Waals surface area contributed by atoms with E-state index in [2.05, 4.69) is 20.8 Å². The Bertz CT molecular complexity index is 425. The zero-order valence-electron chi connectivity index (χ0n) is 11.2. The Balaban J connectivity index is 2.74. The van der Waals surface area contributed by atoms with Gasteiger partial charge < -0.3 is 10.6 Å². The molecule has 3 N–H and O–H groups in total. The molecule has 2 amide bonds. The van der Waals surface area contributed by atoms with Crippen molar-refractivity contribution in [2.24, 2.45) is 5.92 Å². The molecule has 18 heavy (non-hydrogen) atoms. The molecule has 6 heteroatoms. The number of carbonyl (C=O) groups excluding carboxylic acids is 2. The van der Waals surface area contributed by atoms with Crippen molar-refractivity contribution >= 4 is 11.8 Å². The number of aromatic amines is 1. The first-order valence-electron chi connectivity index (χ1n) is 5.98. The van der Waals surface area contributed by atoms with Crippen molar-refractivity contribution in [2.75, 3.05) is 7.05 Å². The number of aromatic nitrogens is 2. The summed E-state index contributed by atoms with van der Waals surface area (Å²) in [6.45, 7) is 5.77. The summed E-state index contributed by atoms with van der Waals surface area (Å²) in [6, 6.07) is -0.517. The molecule has 0 radical (unpaired) electrons. The molecule has 6 nitrogen and oxygen atoms in total. The van der Waals surface area contributed by atoms with Gasteiger partial charge in [0, 0.05) is 12.7 Å². The summed E-state index contributed by atoms with van der Waals surface area (Å²) in [5, 5.41) is 11.8. The van der Waals surface area contributed by atoms with Crippen LogP contribution in [0.15, 0.2) is 6.20 Å². The molecule has 0 fully saturated rings. The SMILES string of the molecule is CNC(=O)C(CC(C)C)NC(=O)c1cn[nH]c1C. The van der Waals surface area contributed by atoms with Gasteiger partial charge in [-0.2, -0.15) is 5.10 Å². The van der Waals surface area contributed by atoms with E-state index in [4.69, 9.17) is 0 Å². The predicted molar refractivity (Wildman–Crippen MR) is 68.1 cm³/mol. The van der Waals surface area contributed by atoms with Crippen molar-refractivity contribution < 1.29 is 9.59 Å². The lowest BCUT2D eigenvalue weighted by atomic mass is 10.0. The first-order valence-corrected chi connectivity index (χ1v) is 5.98. The highest BCUT2D eigenvalue weighted by molar-refractivity contribution is 5.98. The molecule has 1 aromatic rings. The molecule has 0 spiro atoms. The van der Waals surface area contributed by atoms with Crippen LogP contribution in [0.25, 0.3) is 0 Å². The first kappa shape index (κ1) is 14.2. The van der Waals surface area contributed by atoms with E-state index in [-0.39, 0.29) is 11.8 Å². The van der Waals surface area contributed by atoms with Crippen molar-refractivity contribution in [2.45, 2.75) is 33.2 Å². The number of likely N-dealkylation sites (N-methyl/N-ethyl adjacent to an activating group) is 1. The number of H-pyrrole nitrogens is 1. The smallest absolute Gasteiger partial charge is 0.255 e. The van der Waals surface area contributed by atoms with Crippen LogP contribution < -0.4 is 10.6 Å². The zero-order chi connectivity index (χ0) is 13.7. The van der Waals surface area contributed by atoms with Gasteiger partial charge in [0.1, 0.15) is 6.04 Å². The molecule has 1 heterocycles.